The first kappa shape index (κ1) is 32.5. The number of nitrogens with one attached hydrogen (secondary N) is 1. The van der Waals surface area contributed by atoms with Gasteiger partial charge in [0.05, 0.1) is 11.7 Å². The predicted octanol–water partition coefficient (Wildman–Crippen LogP) is 4.79. The molecule has 232 valence electrons. The quantitative estimate of drug-likeness (QED) is 0.260. The maximum Gasteiger partial charge on any atom is 0.223 e. The van der Waals surface area contributed by atoms with E-state index in [9.17, 15) is 15.2 Å². The summed E-state index contributed by atoms with van der Waals surface area (Å²) >= 11 is 0. The minimum atomic E-state index is -0.751. The molecule has 5 atom stereocenters. The second kappa shape index (κ2) is 14.4. The number of methoxy groups -OCH3 is 1. The number of aliphatic hydroxyl groups excluding tert-OH is 1. The van der Waals surface area contributed by atoms with E-state index in [2.05, 4.69) is 61.8 Å². The lowest BCUT2D eigenvalue weighted by Gasteiger charge is -2.30. The summed E-state index contributed by atoms with van der Waals surface area (Å²) in [5.74, 6) is 0.525. The molecular weight excluding hydrogens is 528 g/mol. The van der Waals surface area contributed by atoms with Gasteiger partial charge in [0, 0.05) is 68.6 Å². The zero-order chi connectivity index (χ0) is 30.4. The topological polar surface area (TPSA) is 123 Å². The van der Waals surface area contributed by atoms with Crippen molar-refractivity contribution in [1.82, 2.24) is 9.88 Å². The molecule has 1 unspecified atom stereocenters. The van der Waals surface area contributed by atoms with Crippen molar-refractivity contribution in [2.45, 2.75) is 97.4 Å². The standard InChI is InChI=1S/C34H52N4O4/c1-22(2)25(15-24-7-8-27-26(20-35)21-38(30(27)16-24)11-6-12-41-5)17-29(36)31(39)18-28(23(3)4)33(40)37-32-19-34(32)9-13-42-14-10-34/h7-8,16,21-23,25,28-29,31-32,39H,6,9-15,17-19,36H2,1-5H3,(H,37,40)/t25?,28-,29-,31-,32+/m0/s1. The van der Waals surface area contributed by atoms with Gasteiger partial charge in [0.25, 0.3) is 0 Å². The van der Waals surface area contributed by atoms with Crippen LogP contribution in [0.2, 0.25) is 0 Å². The van der Waals surface area contributed by atoms with Gasteiger partial charge in [-0.3, -0.25) is 4.79 Å². The summed E-state index contributed by atoms with van der Waals surface area (Å²) in [6, 6.07) is 8.51. The van der Waals surface area contributed by atoms with E-state index in [1.54, 1.807) is 7.11 Å². The molecule has 42 heavy (non-hydrogen) atoms. The van der Waals surface area contributed by atoms with Crippen molar-refractivity contribution in [3.05, 3.63) is 35.5 Å². The summed E-state index contributed by atoms with van der Waals surface area (Å²) in [4.78, 5) is 13.3. The van der Waals surface area contributed by atoms with Crippen LogP contribution in [0, 0.1) is 40.4 Å². The van der Waals surface area contributed by atoms with Crippen molar-refractivity contribution >= 4 is 16.8 Å². The number of fused-ring (bicyclic) bond motifs is 1. The Morgan fingerprint density at radius 1 is 1.24 bits per heavy atom. The average Bonchev–Trinajstić information content (AvgIpc) is 3.47. The van der Waals surface area contributed by atoms with Gasteiger partial charge < -0.3 is 30.2 Å². The number of amides is 1. The summed E-state index contributed by atoms with van der Waals surface area (Å²) in [7, 11) is 1.70. The highest BCUT2D eigenvalue weighted by atomic mass is 16.5. The maximum absolute atomic E-state index is 13.3. The van der Waals surface area contributed by atoms with Crippen molar-refractivity contribution in [2.24, 2.45) is 34.8 Å². The summed E-state index contributed by atoms with van der Waals surface area (Å²) in [6.07, 6.45) is 7.00. The van der Waals surface area contributed by atoms with Gasteiger partial charge in [-0.1, -0.05) is 39.8 Å². The first-order valence-electron chi connectivity index (χ1n) is 15.9. The zero-order valence-electron chi connectivity index (χ0n) is 26.3. The van der Waals surface area contributed by atoms with Gasteiger partial charge >= 0.3 is 0 Å². The third-order valence-electron chi connectivity index (χ3n) is 9.96. The molecule has 2 fully saturated rings. The number of nitrogens with two attached hydrogens (primary N) is 1. The lowest BCUT2D eigenvalue weighted by Crippen LogP contribution is -2.44. The number of rotatable bonds is 15. The van der Waals surface area contributed by atoms with Gasteiger partial charge in [0.15, 0.2) is 0 Å². The molecule has 4 N–H and O–H groups in total. The third-order valence-corrected chi connectivity index (χ3v) is 9.96. The molecule has 1 amide bonds. The van der Waals surface area contributed by atoms with Crippen molar-refractivity contribution in [1.29, 1.82) is 5.26 Å². The predicted molar refractivity (Wildman–Crippen MR) is 166 cm³/mol. The molecule has 2 aliphatic rings. The van der Waals surface area contributed by atoms with Crippen molar-refractivity contribution in [2.75, 3.05) is 26.9 Å². The number of carbonyl (C=O) groups excluding carboxylic acids is 1. The van der Waals surface area contributed by atoms with Crippen LogP contribution in [0.1, 0.15) is 77.3 Å². The van der Waals surface area contributed by atoms with E-state index in [1.165, 1.54) is 5.56 Å². The van der Waals surface area contributed by atoms with Crippen LogP contribution in [-0.4, -0.2) is 60.7 Å². The first-order valence-corrected chi connectivity index (χ1v) is 15.9. The Hall–Kier alpha value is -2.44. The molecule has 8 nitrogen and oxygen atoms in total. The fourth-order valence-corrected chi connectivity index (χ4v) is 6.80. The maximum atomic E-state index is 13.3. The highest BCUT2D eigenvalue weighted by Gasteiger charge is 2.55. The first-order chi connectivity index (χ1) is 20.1. The van der Waals surface area contributed by atoms with Gasteiger partial charge in [-0.25, -0.2) is 0 Å². The van der Waals surface area contributed by atoms with Crippen LogP contribution in [0.5, 0.6) is 0 Å². The SMILES string of the molecule is COCCCn1cc(C#N)c2ccc(CC(C[C@H](N)[C@@H](O)C[C@H](C(=O)N[C@@H]3CC34CCOCC4)C(C)C)C(C)C)cc21. The molecule has 2 heterocycles. The van der Waals surface area contributed by atoms with Gasteiger partial charge in [-0.15, -0.1) is 0 Å². The molecule has 1 spiro atoms. The number of carbonyl (C=O) groups is 1. The lowest BCUT2D eigenvalue weighted by atomic mass is 9.80. The van der Waals surface area contributed by atoms with Crippen LogP contribution in [0.25, 0.3) is 10.9 Å². The summed E-state index contributed by atoms with van der Waals surface area (Å²) in [5, 5.41) is 25.1. The van der Waals surface area contributed by atoms with E-state index in [0.29, 0.717) is 30.9 Å². The van der Waals surface area contributed by atoms with Crippen LogP contribution in [0.4, 0.5) is 0 Å². The lowest BCUT2D eigenvalue weighted by molar-refractivity contribution is -0.128. The third kappa shape index (κ3) is 7.74. The molecule has 1 aliphatic heterocycles. The Morgan fingerprint density at radius 3 is 2.62 bits per heavy atom. The molecular formula is C34H52N4O4. The van der Waals surface area contributed by atoms with Crippen molar-refractivity contribution in [3.63, 3.8) is 0 Å². The number of aryl methyl sites for hydroxylation is 1. The summed E-state index contributed by atoms with van der Waals surface area (Å²) < 4.78 is 12.9. The zero-order valence-corrected chi connectivity index (χ0v) is 26.3. The normalized spacial score (nSPS) is 20.9. The average molecular weight is 581 g/mol. The fourth-order valence-electron chi connectivity index (χ4n) is 6.80. The number of hydrogen-bond donors (Lipinski definition) is 3. The number of nitrogens with zero attached hydrogens (tertiary/aromatic N) is 2. The van der Waals surface area contributed by atoms with Crippen LogP contribution in [-0.2, 0) is 27.2 Å². The monoisotopic (exact) mass is 580 g/mol. The number of aliphatic hydroxyl groups is 1. The van der Waals surface area contributed by atoms with Gasteiger partial charge in [-0.05, 0) is 79.7 Å². The number of hydrogen-bond acceptors (Lipinski definition) is 6. The van der Waals surface area contributed by atoms with Crippen LogP contribution < -0.4 is 11.1 Å². The Labute approximate surface area is 251 Å². The number of benzene rings is 1. The molecule has 8 heteroatoms. The number of ether oxygens (including phenoxy) is 2. The Kier molecular flexibility index (Phi) is 11.1. The van der Waals surface area contributed by atoms with E-state index < -0.39 is 12.1 Å². The van der Waals surface area contributed by atoms with Crippen LogP contribution >= 0.6 is 0 Å². The second-order valence-corrected chi connectivity index (χ2v) is 13.5. The molecule has 1 aromatic carbocycles. The molecule has 1 aromatic heterocycles. The molecule has 1 saturated carbocycles. The summed E-state index contributed by atoms with van der Waals surface area (Å²) in [6.45, 7) is 11.5. The van der Waals surface area contributed by atoms with Gasteiger partial charge in [0.2, 0.25) is 5.91 Å². The number of nitriles is 1. The van der Waals surface area contributed by atoms with Gasteiger partial charge in [-0.2, -0.15) is 5.26 Å². The number of aromatic nitrogens is 1. The molecule has 0 radical (unpaired) electrons. The van der Waals surface area contributed by atoms with Crippen LogP contribution in [0.15, 0.2) is 24.4 Å². The molecule has 2 aromatic rings. The smallest absolute Gasteiger partial charge is 0.223 e. The molecule has 1 saturated heterocycles. The van der Waals surface area contributed by atoms with E-state index >= 15 is 0 Å². The van der Waals surface area contributed by atoms with Crippen molar-refractivity contribution < 1.29 is 19.4 Å². The Balaban J connectivity index is 1.38. The minimum Gasteiger partial charge on any atom is -0.391 e. The second-order valence-electron chi connectivity index (χ2n) is 13.5. The highest BCUT2D eigenvalue weighted by molar-refractivity contribution is 5.87. The Morgan fingerprint density at radius 2 is 1.98 bits per heavy atom. The van der Waals surface area contributed by atoms with Crippen molar-refractivity contribution in [3.8, 4) is 6.07 Å². The van der Waals surface area contributed by atoms with E-state index in [-0.39, 0.29) is 35.1 Å². The van der Waals surface area contributed by atoms with E-state index in [4.69, 9.17) is 15.2 Å². The van der Waals surface area contributed by atoms with E-state index in [0.717, 1.165) is 62.8 Å². The highest BCUT2D eigenvalue weighted by Crippen LogP contribution is 2.53. The van der Waals surface area contributed by atoms with Gasteiger partial charge in [0.1, 0.15) is 6.07 Å². The van der Waals surface area contributed by atoms with Crippen LogP contribution in [0.3, 0.4) is 0 Å². The molecule has 0 bridgehead atoms. The summed E-state index contributed by atoms with van der Waals surface area (Å²) in [5.41, 5.74) is 9.81. The fraction of sp³-hybridized carbons (Fsp3) is 0.706. The molecule has 4 rings (SSSR count). The van der Waals surface area contributed by atoms with E-state index in [1.807, 2.05) is 6.20 Å². The Bertz CT molecular complexity index is 1230. The minimum absolute atomic E-state index is 0.0450. The molecule has 1 aliphatic carbocycles. The largest absolute Gasteiger partial charge is 0.391 e.